The molecule has 4 rings (SSSR count). The lowest BCUT2D eigenvalue weighted by Crippen LogP contribution is -2.49. The molecule has 0 fully saturated rings. The van der Waals surface area contributed by atoms with Gasteiger partial charge in [-0.3, -0.25) is 9.59 Å². The van der Waals surface area contributed by atoms with Crippen LogP contribution < -0.4 is 19.5 Å². The third kappa shape index (κ3) is 15.6. The van der Waals surface area contributed by atoms with Gasteiger partial charge in [-0.05, 0) is 68.8 Å². The smallest absolute Gasteiger partial charge is 0.362 e. The van der Waals surface area contributed by atoms with Crippen molar-refractivity contribution < 1.29 is 37.1 Å². The Kier molecular flexibility index (Phi) is 19.7. The zero-order chi connectivity index (χ0) is 46.0. The normalized spacial score (nSPS) is 12.3. The molecule has 0 aliphatic rings. The summed E-state index contributed by atoms with van der Waals surface area (Å²) in [6.45, 7) is 10.7. The number of methoxy groups -OCH3 is 1. The van der Waals surface area contributed by atoms with E-state index in [1.54, 1.807) is 71.0 Å². The van der Waals surface area contributed by atoms with E-state index in [0.717, 1.165) is 24.1 Å². The number of fused-ring (bicyclic) bond motifs is 1. The number of esters is 1. The minimum absolute atomic E-state index is 0.0533. The molecule has 0 aliphatic heterocycles. The number of hydrogen-bond donors (Lipinski definition) is 2. The van der Waals surface area contributed by atoms with Crippen LogP contribution in [0.15, 0.2) is 71.6 Å². The summed E-state index contributed by atoms with van der Waals surface area (Å²) in [5.41, 5.74) is -0.154. The van der Waals surface area contributed by atoms with Crippen molar-refractivity contribution in [3.05, 3.63) is 72.3 Å². The van der Waals surface area contributed by atoms with E-state index in [1.807, 2.05) is 0 Å². The number of anilines is 1. The molecule has 14 nitrogen and oxygen atoms in total. The fourth-order valence-corrected chi connectivity index (χ4v) is 8.29. The van der Waals surface area contributed by atoms with Gasteiger partial charge in [0.15, 0.2) is 5.78 Å². The highest BCUT2D eigenvalue weighted by Gasteiger charge is 2.38. The van der Waals surface area contributed by atoms with Crippen molar-refractivity contribution in [3.63, 3.8) is 0 Å². The van der Waals surface area contributed by atoms with E-state index >= 15 is 0 Å². The SMILES string of the molecule is CCCCCCCCCCCCCCCCNS(=O)(=O)c1ccc(OC)c(NC(=O)C(CN(C(=O)n2nc3ccc(C(=O)Oc4ccccc4)cc3n2)C(C)C)C(=O)C(C)(C)C)c1. The van der Waals surface area contributed by atoms with Crippen LogP contribution in [0.5, 0.6) is 11.5 Å². The minimum Gasteiger partial charge on any atom is -0.495 e. The van der Waals surface area contributed by atoms with Crippen LogP contribution in [0.3, 0.4) is 0 Å². The number of carbonyl (C=O) groups is 4. The average Bonchev–Trinajstić information content (AvgIpc) is 3.68. The maximum atomic E-state index is 14.2. The van der Waals surface area contributed by atoms with Crippen LogP contribution in [0.4, 0.5) is 10.5 Å². The van der Waals surface area contributed by atoms with Gasteiger partial charge in [0.25, 0.3) is 0 Å². The first-order valence-electron chi connectivity index (χ1n) is 22.5. The second-order valence-electron chi connectivity index (χ2n) is 17.4. The highest BCUT2D eigenvalue weighted by atomic mass is 32.2. The molecule has 4 aromatic rings. The lowest BCUT2D eigenvalue weighted by Gasteiger charge is -2.31. The summed E-state index contributed by atoms with van der Waals surface area (Å²) in [7, 11) is -2.56. The first-order chi connectivity index (χ1) is 30.0. The van der Waals surface area contributed by atoms with E-state index in [0.29, 0.717) is 17.7 Å². The number of unbranched alkanes of at least 4 members (excludes halogenated alkanes) is 13. The number of nitrogens with one attached hydrogen (secondary N) is 2. The third-order valence-corrected chi connectivity index (χ3v) is 12.4. The summed E-state index contributed by atoms with van der Waals surface area (Å²) in [6.07, 6.45) is 16.8. The molecule has 0 radical (unpaired) electrons. The number of aromatic nitrogens is 3. The summed E-state index contributed by atoms with van der Waals surface area (Å²) in [6, 6.07) is 16.1. The van der Waals surface area contributed by atoms with Crippen LogP contribution in [-0.2, 0) is 19.6 Å². The molecule has 2 N–H and O–H groups in total. The van der Waals surface area contributed by atoms with Gasteiger partial charge in [0, 0.05) is 24.5 Å². The minimum atomic E-state index is -3.95. The van der Waals surface area contributed by atoms with E-state index in [2.05, 4.69) is 27.2 Å². The second-order valence-corrected chi connectivity index (χ2v) is 19.2. The zero-order valence-electron chi connectivity index (χ0n) is 38.3. The van der Waals surface area contributed by atoms with Crippen molar-refractivity contribution in [2.24, 2.45) is 11.3 Å². The molecule has 63 heavy (non-hydrogen) atoms. The van der Waals surface area contributed by atoms with Gasteiger partial charge in [-0.2, -0.15) is 0 Å². The number of ether oxygens (including phenoxy) is 2. The molecule has 2 amide bonds. The molecular formula is C48H68N6O8S. The third-order valence-electron chi connectivity index (χ3n) is 10.9. The lowest BCUT2D eigenvalue weighted by atomic mass is 9.82. The molecule has 0 spiro atoms. The molecule has 1 unspecified atom stereocenters. The molecule has 0 aliphatic carbocycles. The number of para-hydroxylation sites is 1. The van der Waals surface area contributed by atoms with Crippen LogP contribution in [0.2, 0.25) is 0 Å². The topological polar surface area (TPSA) is 179 Å². The quantitative estimate of drug-likeness (QED) is 0.0267. The van der Waals surface area contributed by atoms with E-state index in [4.69, 9.17) is 9.47 Å². The maximum absolute atomic E-state index is 14.2. The second kappa shape index (κ2) is 24.6. The Morgan fingerprint density at radius 3 is 1.92 bits per heavy atom. The van der Waals surface area contributed by atoms with Crippen LogP contribution >= 0.6 is 0 Å². The number of Topliss-reactive ketones (excluding diaryl/α,β-unsaturated/α-hetero) is 1. The van der Waals surface area contributed by atoms with Crippen molar-refractivity contribution in [3.8, 4) is 11.5 Å². The van der Waals surface area contributed by atoms with Crippen molar-refractivity contribution >= 4 is 50.4 Å². The van der Waals surface area contributed by atoms with Gasteiger partial charge in [0.05, 0.1) is 23.3 Å². The monoisotopic (exact) mass is 888 g/mol. The van der Waals surface area contributed by atoms with E-state index in [1.165, 1.54) is 107 Å². The zero-order valence-corrected chi connectivity index (χ0v) is 39.1. The van der Waals surface area contributed by atoms with Crippen LogP contribution in [0.1, 0.15) is 142 Å². The number of nitrogens with zero attached hydrogens (tertiary/aromatic N) is 4. The largest absolute Gasteiger partial charge is 0.495 e. The van der Waals surface area contributed by atoms with Gasteiger partial charge in [-0.25, -0.2) is 22.7 Å². The molecule has 1 atom stereocenters. The van der Waals surface area contributed by atoms with E-state index in [9.17, 15) is 27.6 Å². The summed E-state index contributed by atoms with van der Waals surface area (Å²) in [4.78, 5) is 57.1. The number of hydrogen-bond acceptors (Lipinski definition) is 10. The molecule has 1 aromatic heterocycles. The number of benzene rings is 3. The highest BCUT2D eigenvalue weighted by molar-refractivity contribution is 7.89. The molecule has 3 aromatic carbocycles. The fraction of sp³-hybridized carbons (Fsp3) is 0.542. The molecule has 0 saturated heterocycles. The first kappa shape index (κ1) is 50.5. The predicted molar refractivity (Wildman–Crippen MR) is 247 cm³/mol. The van der Waals surface area contributed by atoms with Crippen LogP contribution in [0.25, 0.3) is 11.0 Å². The number of amides is 2. The number of carbonyl (C=O) groups excluding carboxylic acids is 4. The number of rotatable bonds is 26. The van der Waals surface area contributed by atoms with Gasteiger partial charge >= 0.3 is 12.0 Å². The first-order valence-corrected chi connectivity index (χ1v) is 24.0. The predicted octanol–water partition coefficient (Wildman–Crippen LogP) is 9.97. The van der Waals surface area contributed by atoms with E-state index in [-0.39, 0.29) is 40.5 Å². The van der Waals surface area contributed by atoms with Gasteiger partial charge < -0.3 is 19.7 Å². The van der Waals surface area contributed by atoms with Gasteiger partial charge in [0.1, 0.15) is 28.5 Å². The molecule has 15 heteroatoms. The molecule has 1 heterocycles. The number of ketones is 1. The van der Waals surface area contributed by atoms with Gasteiger partial charge in [0.2, 0.25) is 15.9 Å². The molecule has 0 saturated carbocycles. The Bertz CT molecular complexity index is 2220. The van der Waals surface area contributed by atoms with E-state index < -0.39 is 51.1 Å². The molecule has 0 bridgehead atoms. The summed E-state index contributed by atoms with van der Waals surface area (Å²) in [5, 5.41) is 11.4. The van der Waals surface area contributed by atoms with Crippen LogP contribution in [-0.4, -0.2) is 78.2 Å². The average molecular weight is 889 g/mol. The Hall–Kier alpha value is -5.15. The van der Waals surface area contributed by atoms with Gasteiger partial charge in [-0.15, -0.1) is 10.2 Å². The molecular weight excluding hydrogens is 821 g/mol. The maximum Gasteiger partial charge on any atom is 0.362 e. The van der Waals surface area contributed by atoms with Gasteiger partial charge in [-0.1, -0.05) is 134 Å². The Morgan fingerprint density at radius 1 is 0.762 bits per heavy atom. The van der Waals surface area contributed by atoms with Crippen molar-refractivity contribution in [1.29, 1.82) is 0 Å². The summed E-state index contributed by atoms with van der Waals surface area (Å²) in [5.74, 6) is -2.64. The van der Waals surface area contributed by atoms with Crippen LogP contribution in [0, 0.1) is 11.3 Å². The Morgan fingerprint density at radius 2 is 1.35 bits per heavy atom. The summed E-state index contributed by atoms with van der Waals surface area (Å²) >= 11 is 0. The highest BCUT2D eigenvalue weighted by Crippen LogP contribution is 2.30. The Labute approximate surface area is 373 Å². The van der Waals surface area contributed by atoms with Crippen molar-refractivity contribution in [1.82, 2.24) is 24.6 Å². The molecule has 344 valence electrons. The standard InChI is InChI=1S/C48H68N6O8S/c1-8-9-10-11-12-13-14-15-16-17-18-19-20-24-31-49-63(59,60)38-28-30-43(61-7)42(33-38)50-45(56)39(44(55)48(4,5)6)34-53(35(2)3)47(58)54-51-40-29-27-36(32-41(40)52-54)46(57)62-37-25-22-21-23-26-37/h21-23,25-30,32-33,35,39,49H,8-20,24,31,34H2,1-7H3,(H,50,56). The summed E-state index contributed by atoms with van der Waals surface area (Å²) < 4.78 is 40.4. The lowest BCUT2D eigenvalue weighted by molar-refractivity contribution is -0.137. The fourth-order valence-electron chi connectivity index (χ4n) is 7.19. The Balaban J connectivity index is 1.39. The number of sulfonamides is 1. The van der Waals surface area contributed by atoms with Crippen molar-refractivity contribution in [2.75, 3.05) is 25.5 Å². The van der Waals surface area contributed by atoms with Crippen molar-refractivity contribution in [2.45, 2.75) is 142 Å².